The molecule has 0 saturated carbocycles. The van der Waals surface area contributed by atoms with Gasteiger partial charge in [0, 0.05) is 58.1 Å². The van der Waals surface area contributed by atoms with E-state index in [0.717, 1.165) is 12.3 Å². The molecule has 12 atom stereocenters. The Labute approximate surface area is 636 Å². The lowest BCUT2D eigenvalue weighted by molar-refractivity contribution is -0.145. The number of aliphatic hydroxyl groups is 1. The number of benzene rings is 3. The minimum absolute atomic E-state index is 0.00512. The van der Waals surface area contributed by atoms with Crippen LogP contribution in [0.4, 0.5) is 0 Å². The van der Waals surface area contributed by atoms with Gasteiger partial charge in [0.1, 0.15) is 66.5 Å². The number of aliphatic hydroxyl groups excluding tert-OH is 1. The molecule has 3 aromatic rings. The molecule has 0 unspecified atom stereocenters. The molecule has 0 bridgehead atoms. The van der Waals surface area contributed by atoms with Crippen LogP contribution in [0.25, 0.3) is 10.8 Å². The number of hydrogen-bond donors (Lipinski definition) is 27. The Bertz CT molecular complexity index is 3670. The van der Waals surface area contributed by atoms with Crippen molar-refractivity contribution in [1.29, 1.82) is 21.6 Å². The summed E-state index contributed by atoms with van der Waals surface area (Å²) in [5, 5.41) is 91.0. The highest BCUT2D eigenvalue weighted by molar-refractivity contribution is 7.80. The molecular weight excluding hydrogens is 1440 g/mol. The van der Waals surface area contributed by atoms with Gasteiger partial charge in [-0.2, -0.15) is 12.6 Å². The first-order valence-electron chi connectivity index (χ1n) is 35.2. The summed E-state index contributed by atoms with van der Waals surface area (Å²) in [6.07, 6.45) is -3.53. The van der Waals surface area contributed by atoms with Crippen LogP contribution in [0.15, 0.2) is 72.8 Å². The summed E-state index contributed by atoms with van der Waals surface area (Å²) in [5.74, 6) is -14.5. The summed E-state index contributed by atoms with van der Waals surface area (Å²) >= 11 is 4.17. The average molecular weight is 1550 g/mol. The molecule has 39 nitrogen and oxygen atoms in total. The van der Waals surface area contributed by atoms with E-state index in [4.69, 9.17) is 50.3 Å². The summed E-state index contributed by atoms with van der Waals surface area (Å²) in [4.78, 5) is 181. The smallest absolute Gasteiger partial charge is 0.326 e. The van der Waals surface area contributed by atoms with Crippen LogP contribution in [0.2, 0.25) is 0 Å². The van der Waals surface area contributed by atoms with E-state index < -0.39 is 180 Å². The van der Waals surface area contributed by atoms with Gasteiger partial charge in [-0.1, -0.05) is 93.6 Å². The fourth-order valence-corrected chi connectivity index (χ4v) is 11.3. The fourth-order valence-electron chi connectivity index (χ4n) is 11.0. The molecule has 0 aromatic heterocycles. The Kier molecular flexibility index (Phi) is 39.1. The lowest BCUT2D eigenvalue weighted by Crippen LogP contribution is -2.62. The number of nitrogens with one attached hydrogen (secondary N) is 19. The highest BCUT2D eigenvalue weighted by Crippen LogP contribution is 2.22. The first-order chi connectivity index (χ1) is 51.3. The van der Waals surface area contributed by atoms with Crippen molar-refractivity contribution in [3.05, 3.63) is 83.9 Å². The zero-order valence-electron chi connectivity index (χ0n) is 61.9. The molecule has 109 heavy (non-hydrogen) atoms. The van der Waals surface area contributed by atoms with Crippen molar-refractivity contribution in [2.75, 3.05) is 31.9 Å². The molecule has 0 aliphatic carbocycles. The molecule has 0 spiro atoms. The monoisotopic (exact) mass is 1540 g/mol. The first-order valence-corrected chi connectivity index (χ1v) is 35.9. The van der Waals surface area contributed by atoms with Gasteiger partial charge in [-0.05, 0) is 98.9 Å². The first kappa shape index (κ1) is 91.6. The van der Waals surface area contributed by atoms with Crippen molar-refractivity contribution >= 4 is 124 Å². The average Bonchev–Trinajstić information content (AvgIpc) is 0.818. The van der Waals surface area contributed by atoms with Gasteiger partial charge in [-0.15, -0.1) is 0 Å². The van der Waals surface area contributed by atoms with Gasteiger partial charge in [-0.3, -0.25) is 79.2 Å². The number of nitrogens with two attached hydrogens (primary N) is 5. The van der Waals surface area contributed by atoms with Crippen LogP contribution in [0.3, 0.4) is 0 Å². The van der Waals surface area contributed by atoms with E-state index in [1.807, 2.05) is 0 Å². The Morgan fingerprint density at radius 3 is 1.20 bits per heavy atom. The zero-order valence-corrected chi connectivity index (χ0v) is 62.8. The molecule has 0 aliphatic heterocycles. The summed E-state index contributed by atoms with van der Waals surface area (Å²) < 4.78 is 0. The Hall–Kier alpha value is -11.6. The van der Waals surface area contributed by atoms with Gasteiger partial charge in [0.2, 0.25) is 70.9 Å². The quantitative estimate of drug-likeness (QED) is 0.0109. The van der Waals surface area contributed by atoms with E-state index in [1.54, 1.807) is 93.6 Å². The second-order valence-corrected chi connectivity index (χ2v) is 27.3. The van der Waals surface area contributed by atoms with Gasteiger partial charge in [0.15, 0.2) is 23.8 Å². The molecule has 600 valence electrons. The predicted molar refractivity (Wildman–Crippen MR) is 408 cm³/mol. The lowest BCUT2D eigenvalue weighted by atomic mass is 9.86. The van der Waals surface area contributed by atoms with E-state index in [2.05, 4.69) is 92.4 Å². The third kappa shape index (κ3) is 34.3. The number of primary amides is 1. The number of aliphatic carboxylic acids is 1. The van der Waals surface area contributed by atoms with Crippen molar-refractivity contribution in [3.63, 3.8) is 0 Å². The third-order valence-corrected chi connectivity index (χ3v) is 17.1. The molecule has 0 aliphatic rings. The summed E-state index contributed by atoms with van der Waals surface area (Å²) in [6, 6.07) is 3.67. The molecule has 3 aromatic carbocycles. The Morgan fingerprint density at radius 1 is 0.431 bits per heavy atom. The zero-order chi connectivity index (χ0) is 81.7. The van der Waals surface area contributed by atoms with Crippen LogP contribution in [-0.4, -0.2) is 215 Å². The predicted octanol–water partition coefficient (Wildman–Crippen LogP) is -5.24. The minimum Gasteiger partial charge on any atom is -0.480 e. The van der Waals surface area contributed by atoms with Crippen LogP contribution in [0, 0.1) is 27.1 Å². The van der Waals surface area contributed by atoms with Crippen LogP contribution >= 0.6 is 12.6 Å². The standard InChI is InChI=1S/C69H108N24O15S/c1-36(54(97)92-52(37(2)94)63(106)89-46(26-16-32-82-68(77)78)59(102)93-53(64(107)108)69(4,5)6)83-55(98)47(27-28-51(70)96)88-61(104)49(34-41-21-12-20-40-19-10-11-22-42(40)41)91-60(103)48(33-39-17-8-7-9-18-39)90-58(101)45(25-15-31-81-67(75)76)86-56(99)43(23-13-29-79-65(71)72)85-57(100)44(24-14-30-80-66(73)74)87-62(105)50(35-109)84-38(3)95/h7-12,17-22,36-37,43-50,52-53,94,109H,13-16,23-35H2,1-6H3,(H2,70,96)(H,83,98)(H,84,95)(H,85,100)(H,86,99)(H,87,105)(H,88,104)(H,89,106)(H,90,101)(H,91,103)(H,92,97)(H,93,102)(H,107,108)(H4,71,72,79)(H4,73,74,80)(H4,75,76,81)(H4,77,78,82)/t36-,37+,43-,44-,45-,46-,47-,48-,49-,50-,52-,53+/m0/s1. The highest BCUT2D eigenvalue weighted by atomic mass is 32.1. The number of carbonyl (C=O) groups excluding carboxylic acids is 12. The number of hydrogen-bond acceptors (Lipinski definition) is 19. The number of carboxylic acid groups (broad SMARTS) is 1. The highest BCUT2D eigenvalue weighted by Gasteiger charge is 2.39. The van der Waals surface area contributed by atoms with E-state index in [1.165, 1.54) is 13.8 Å². The van der Waals surface area contributed by atoms with E-state index in [-0.39, 0.29) is 108 Å². The molecule has 0 fully saturated rings. The lowest BCUT2D eigenvalue weighted by Gasteiger charge is -2.30. The number of carbonyl (C=O) groups is 13. The number of carboxylic acids is 1. The van der Waals surface area contributed by atoms with Gasteiger partial charge in [-0.25, -0.2) is 4.79 Å². The van der Waals surface area contributed by atoms with E-state index >= 15 is 14.4 Å². The van der Waals surface area contributed by atoms with Crippen LogP contribution in [0.1, 0.15) is 117 Å². The molecule has 0 radical (unpaired) electrons. The second-order valence-electron chi connectivity index (χ2n) is 26.9. The number of thiol groups is 1. The maximum absolute atomic E-state index is 15.3. The number of amides is 12. The number of rotatable bonds is 47. The van der Waals surface area contributed by atoms with Gasteiger partial charge < -0.3 is 119 Å². The SMILES string of the molecule is CC(=O)N[C@@H](CS)C(=O)N[C@@H](CCCNC(=N)N)C(=O)N[C@@H](CCCNC(=N)N)C(=O)N[C@@H](CCCNC(=N)N)C(=O)N[C@@H](Cc1ccccc1)C(=O)N[C@@H](Cc1cccc2ccccc12)C(=O)N[C@@H](CCC(N)=O)C(=O)N[C@@H](C)C(=O)N[C@H](C(=O)N[C@@H](CCCNC(=N)N)C(=O)N[C@H](C(=O)O)C(C)(C)C)[C@@H](C)O. The molecule has 3 rings (SSSR count). The van der Waals surface area contributed by atoms with E-state index in [9.17, 15) is 58.2 Å². The molecule has 12 amide bonds. The number of guanidine groups is 4. The van der Waals surface area contributed by atoms with E-state index in [0.29, 0.717) is 16.5 Å². The summed E-state index contributed by atoms with van der Waals surface area (Å²) in [6.45, 7) is 8.34. The van der Waals surface area contributed by atoms with Crippen molar-refractivity contribution in [1.82, 2.24) is 79.8 Å². The molecule has 0 heterocycles. The fraction of sp³-hybridized carbons (Fsp3) is 0.522. The van der Waals surface area contributed by atoms with Gasteiger partial charge in [0.25, 0.3) is 0 Å². The van der Waals surface area contributed by atoms with Crippen LogP contribution in [0.5, 0.6) is 0 Å². The topological polar surface area (TPSA) is 668 Å². The Balaban J connectivity index is 2.11. The largest absolute Gasteiger partial charge is 0.480 e. The molecule has 0 saturated heterocycles. The molecule has 40 heteroatoms. The second kappa shape index (κ2) is 46.5. The molecule has 31 N–H and O–H groups in total. The van der Waals surface area contributed by atoms with Crippen molar-refractivity contribution in [2.24, 2.45) is 34.1 Å². The third-order valence-electron chi connectivity index (χ3n) is 16.7. The molecular formula is C69H108N24O15S. The van der Waals surface area contributed by atoms with Crippen LogP contribution < -0.4 is 108 Å². The normalized spacial score (nSPS) is 14.3. The maximum atomic E-state index is 15.3. The van der Waals surface area contributed by atoms with Gasteiger partial charge >= 0.3 is 5.97 Å². The van der Waals surface area contributed by atoms with Crippen LogP contribution in [-0.2, 0) is 75.2 Å². The summed E-state index contributed by atoms with van der Waals surface area (Å²) in [5.41, 5.74) is 27.5. The van der Waals surface area contributed by atoms with Gasteiger partial charge in [0.05, 0.1) is 6.10 Å². The maximum Gasteiger partial charge on any atom is 0.326 e. The van der Waals surface area contributed by atoms with Crippen molar-refractivity contribution in [3.8, 4) is 0 Å². The van der Waals surface area contributed by atoms with Crippen molar-refractivity contribution < 1.29 is 72.5 Å². The minimum atomic E-state index is -1.82. The van der Waals surface area contributed by atoms with Crippen molar-refractivity contribution in [2.45, 2.75) is 191 Å². The number of fused-ring (bicyclic) bond motifs is 1. The Morgan fingerprint density at radius 2 is 0.798 bits per heavy atom. The summed E-state index contributed by atoms with van der Waals surface area (Å²) in [7, 11) is 0.